The fourth-order valence-corrected chi connectivity index (χ4v) is 1.27. The Hall–Kier alpha value is -2.16. The monoisotopic (exact) mass is 216 g/mol. The zero-order valence-corrected chi connectivity index (χ0v) is 8.39. The van der Waals surface area contributed by atoms with Crippen molar-refractivity contribution in [1.82, 2.24) is 0 Å². The smallest absolute Gasteiger partial charge is 0.343 e. The van der Waals surface area contributed by atoms with E-state index in [1.807, 2.05) is 6.07 Å². The van der Waals surface area contributed by atoms with E-state index in [0.29, 0.717) is 5.75 Å². The zero-order chi connectivity index (χ0) is 11.4. The van der Waals surface area contributed by atoms with Crippen LogP contribution in [0.15, 0.2) is 54.6 Å². The lowest BCUT2D eigenvalue weighted by atomic mass is 10.2. The third kappa shape index (κ3) is 2.45. The summed E-state index contributed by atoms with van der Waals surface area (Å²) in [5, 5.41) is 0. The van der Waals surface area contributed by atoms with E-state index in [1.165, 1.54) is 18.2 Å². The van der Waals surface area contributed by atoms with Gasteiger partial charge in [0, 0.05) is 0 Å². The highest BCUT2D eigenvalue weighted by Crippen LogP contribution is 2.12. The molecule has 2 nitrogen and oxygen atoms in total. The topological polar surface area (TPSA) is 26.3 Å². The fraction of sp³-hybridized carbons (Fsp3) is 0. The first-order valence-corrected chi connectivity index (χ1v) is 4.78. The molecule has 80 valence electrons. The van der Waals surface area contributed by atoms with Gasteiger partial charge in [0.1, 0.15) is 11.6 Å². The summed E-state index contributed by atoms with van der Waals surface area (Å²) < 4.78 is 17.9. The lowest BCUT2D eigenvalue weighted by Crippen LogP contribution is -2.08. The maximum Gasteiger partial charge on any atom is 0.343 e. The summed E-state index contributed by atoms with van der Waals surface area (Å²) in [5.74, 6) is -0.579. The van der Waals surface area contributed by atoms with Crippen molar-refractivity contribution in [3.63, 3.8) is 0 Å². The number of esters is 1. The molecule has 0 bridgehead atoms. The molecule has 0 N–H and O–H groups in total. The Bertz CT molecular complexity index is 494. The molecule has 0 atom stereocenters. The Morgan fingerprint density at radius 2 is 1.75 bits per heavy atom. The number of halogens is 1. The normalized spacial score (nSPS) is 9.81. The Morgan fingerprint density at radius 3 is 2.44 bits per heavy atom. The Morgan fingerprint density at radius 1 is 1.00 bits per heavy atom. The molecule has 2 aromatic rings. The van der Waals surface area contributed by atoms with Crippen LogP contribution in [0.4, 0.5) is 4.39 Å². The zero-order valence-electron chi connectivity index (χ0n) is 8.39. The SMILES string of the molecule is O=C(Oc1ccccc1)c1cccc(F)c1. The highest BCUT2D eigenvalue weighted by molar-refractivity contribution is 5.90. The van der Waals surface area contributed by atoms with E-state index in [1.54, 1.807) is 24.3 Å². The van der Waals surface area contributed by atoms with Gasteiger partial charge in [-0.15, -0.1) is 0 Å². The molecular weight excluding hydrogens is 207 g/mol. The van der Waals surface area contributed by atoms with Crippen LogP contribution < -0.4 is 4.74 Å². The second kappa shape index (κ2) is 4.57. The minimum atomic E-state index is -0.564. The molecule has 0 unspecified atom stereocenters. The first kappa shape index (κ1) is 10.4. The summed E-state index contributed by atoms with van der Waals surface area (Å²) >= 11 is 0. The molecule has 0 aromatic heterocycles. The molecule has 2 aromatic carbocycles. The molecule has 0 radical (unpaired) electrons. The van der Waals surface area contributed by atoms with Crippen LogP contribution >= 0.6 is 0 Å². The van der Waals surface area contributed by atoms with Crippen molar-refractivity contribution in [3.8, 4) is 5.75 Å². The molecule has 0 heterocycles. The fourth-order valence-electron chi connectivity index (χ4n) is 1.27. The number of para-hydroxylation sites is 1. The summed E-state index contributed by atoms with van der Waals surface area (Å²) in [6.45, 7) is 0. The largest absolute Gasteiger partial charge is 0.423 e. The van der Waals surface area contributed by atoms with Crippen molar-refractivity contribution >= 4 is 5.97 Å². The van der Waals surface area contributed by atoms with Crippen LogP contribution in [-0.2, 0) is 0 Å². The average Bonchev–Trinajstić information content (AvgIpc) is 2.30. The minimum Gasteiger partial charge on any atom is -0.423 e. The second-order valence-corrected chi connectivity index (χ2v) is 3.21. The van der Waals surface area contributed by atoms with Crippen molar-refractivity contribution in [3.05, 3.63) is 66.0 Å². The van der Waals surface area contributed by atoms with Crippen molar-refractivity contribution < 1.29 is 13.9 Å². The number of ether oxygens (including phenoxy) is 1. The quantitative estimate of drug-likeness (QED) is 0.569. The molecule has 0 saturated carbocycles. The molecule has 0 aliphatic carbocycles. The van der Waals surface area contributed by atoms with Gasteiger partial charge in [-0.25, -0.2) is 9.18 Å². The number of hydrogen-bond acceptors (Lipinski definition) is 2. The van der Waals surface area contributed by atoms with Gasteiger partial charge in [0.2, 0.25) is 0 Å². The van der Waals surface area contributed by atoms with Gasteiger partial charge in [-0.3, -0.25) is 0 Å². The summed E-state index contributed by atoms with van der Waals surface area (Å²) in [4.78, 5) is 11.6. The Balaban J connectivity index is 2.15. The highest BCUT2D eigenvalue weighted by Gasteiger charge is 2.08. The van der Waals surface area contributed by atoms with Crippen LogP contribution in [0.3, 0.4) is 0 Å². The van der Waals surface area contributed by atoms with E-state index in [0.717, 1.165) is 6.07 Å². The van der Waals surface area contributed by atoms with E-state index in [-0.39, 0.29) is 5.56 Å². The number of hydrogen-bond donors (Lipinski definition) is 0. The van der Waals surface area contributed by atoms with Crippen LogP contribution in [-0.4, -0.2) is 5.97 Å². The molecule has 3 heteroatoms. The van der Waals surface area contributed by atoms with Gasteiger partial charge in [-0.05, 0) is 30.3 Å². The van der Waals surface area contributed by atoms with Gasteiger partial charge < -0.3 is 4.74 Å². The third-order valence-electron chi connectivity index (χ3n) is 2.01. The maximum atomic E-state index is 12.9. The van der Waals surface area contributed by atoms with Gasteiger partial charge in [0.15, 0.2) is 0 Å². The Kier molecular flexibility index (Phi) is 2.96. The summed E-state index contributed by atoms with van der Waals surface area (Å²) in [7, 11) is 0. The minimum absolute atomic E-state index is 0.198. The summed E-state index contributed by atoms with van der Waals surface area (Å²) in [6.07, 6.45) is 0. The van der Waals surface area contributed by atoms with Crippen LogP contribution in [0.1, 0.15) is 10.4 Å². The predicted octanol–water partition coefficient (Wildman–Crippen LogP) is 3.04. The van der Waals surface area contributed by atoms with Crippen molar-refractivity contribution in [2.45, 2.75) is 0 Å². The number of benzene rings is 2. The van der Waals surface area contributed by atoms with Crippen LogP contribution in [0.5, 0.6) is 5.75 Å². The van der Waals surface area contributed by atoms with E-state index in [2.05, 4.69) is 0 Å². The van der Waals surface area contributed by atoms with Crippen LogP contribution in [0, 0.1) is 5.82 Å². The van der Waals surface area contributed by atoms with Crippen LogP contribution in [0.25, 0.3) is 0 Å². The second-order valence-electron chi connectivity index (χ2n) is 3.21. The summed E-state index contributed by atoms with van der Waals surface area (Å²) in [5.41, 5.74) is 0.198. The van der Waals surface area contributed by atoms with Crippen molar-refractivity contribution in [2.24, 2.45) is 0 Å². The third-order valence-corrected chi connectivity index (χ3v) is 2.01. The molecule has 0 amide bonds. The lowest BCUT2D eigenvalue weighted by Gasteiger charge is -2.03. The predicted molar refractivity (Wildman–Crippen MR) is 57.8 cm³/mol. The van der Waals surface area contributed by atoms with E-state index in [9.17, 15) is 9.18 Å². The lowest BCUT2D eigenvalue weighted by molar-refractivity contribution is 0.0734. The molecule has 0 spiro atoms. The Labute approximate surface area is 92.3 Å². The maximum absolute atomic E-state index is 12.9. The molecule has 0 fully saturated rings. The summed E-state index contributed by atoms with van der Waals surface area (Å²) in [6, 6.07) is 14.1. The molecule has 0 aliphatic heterocycles. The number of carbonyl (C=O) groups is 1. The number of carbonyl (C=O) groups excluding carboxylic acids is 1. The van der Waals surface area contributed by atoms with E-state index >= 15 is 0 Å². The van der Waals surface area contributed by atoms with Gasteiger partial charge in [0.05, 0.1) is 5.56 Å². The van der Waals surface area contributed by atoms with E-state index < -0.39 is 11.8 Å². The number of rotatable bonds is 2. The highest BCUT2D eigenvalue weighted by atomic mass is 19.1. The molecule has 2 rings (SSSR count). The van der Waals surface area contributed by atoms with Gasteiger partial charge in [-0.2, -0.15) is 0 Å². The molecule has 16 heavy (non-hydrogen) atoms. The molecule has 0 saturated heterocycles. The average molecular weight is 216 g/mol. The van der Waals surface area contributed by atoms with Gasteiger partial charge in [0.25, 0.3) is 0 Å². The molecular formula is C13H9FO2. The van der Waals surface area contributed by atoms with E-state index in [4.69, 9.17) is 4.74 Å². The van der Waals surface area contributed by atoms with Crippen molar-refractivity contribution in [1.29, 1.82) is 0 Å². The first-order valence-electron chi connectivity index (χ1n) is 4.78. The standard InChI is InChI=1S/C13H9FO2/c14-11-6-4-5-10(9-11)13(15)16-12-7-2-1-3-8-12/h1-9H. The first-order chi connectivity index (χ1) is 7.75. The molecule has 0 aliphatic rings. The van der Waals surface area contributed by atoms with Crippen molar-refractivity contribution in [2.75, 3.05) is 0 Å². The van der Waals surface area contributed by atoms with Crippen LogP contribution in [0.2, 0.25) is 0 Å². The van der Waals surface area contributed by atoms with Gasteiger partial charge >= 0.3 is 5.97 Å². The van der Waals surface area contributed by atoms with Gasteiger partial charge in [-0.1, -0.05) is 24.3 Å².